The lowest BCUT2D eigenvalue weighted by Crippen LogP contribution is -2.43. The minimum atomic E-state index is -0.362. The fourth-order valence-corrected chi connectivity index (χ4v) is 7.82. The number of benzene rings is 2. The molecule has 4 amide bonds. The highest BCUT2D eigenvalue weighted by molar-refractivity contribution is 6.33. The van der Waals surface area contributed by atoms with Gasteiger partial charge in [0, 0.05) is 71.8 Å². The Morgan fingerprint density at radius 2 is 0.586 bits per heavy atom. The minimum Gasteiger partial charge on any atom is -0.274 e. The Morgan fingerprint density at radius 1 is 0.345 bits per heavy atom. The highest BCUT2D eigenvalue weighted by Gasteiger charge is 2.39. The monoisotopic (exact) mass is 783 g/mol. The van der Waals surface area contributed by atoms with E-state index in [1.807, 2.05) is 0 Å². The standard InChI is InChI=1S/C52H66N2O4/c1-3-5-7-9-11-13-15-17-19-21-23-25-27-29-31-33-35-41-53-49(55)43-37-39-45-48-46(40-38-44(47(43)48)50(53)56)52(58)54(51(45)57)42-36-34-32-30-28-26-24-22-20-18-16-14-12-10-8-6-4-2/h37-40H,3-16,25-36,41-42H2,1-2H3. The van der Waals surface area contributed by atoms with Crippen molar-refractivity contribution < 1.29 is 19.2 Å². The Kier molecular flexibility index (Phi) is 21.4. The van der Waals surface area contributed by atoms with E-state index < -0.39 is 0 Å². The van der Waals surface area contributed by atoms with Gasteiger partial charge in [-0.15, -0.1) is 0 Å². The molecule has 0 spiro atoms. The van der Waals surface area contributed by atoms with Crippen LogP contribution in [0.4, 0.5) is 0 Å². The van der Waals surface area contributed by atoms with Crippen LogP contribution in [0.2, 0.25) is 0 Å². The van der Waals surface area contributed by atoms with Gasteiger partial charge in [0.05, 0.1) is 0 Å². The van der Waals surface area contributed by atoms with E-state index in [9.17, 15) is 19.2 Å². The fourth-order valence-electron chi connectivity index (χ4n) is 7.82. The van der Waals surface area contributed by atoms with Crippen LogP contribution in [-0.4, -0.2) is 46.5 Å². The highest BCUT2D eigenvalue weighted by Crippen LogP contribution is 2.38. The van der Waals surface area contributed by atoms with Crippen molar-refractivity contribution in [2.75, 3.05) is 13.1 Å². The summed E-state index contributed by atoms with van der Waals surface area (Å²) in [5.41, 5.74) is 1.51. The van der Waals surface area contributed by atoms with Crippen molar-refractivity contribution in [2.24, 2.45) is 0 Å². The normalized spacial score (nSPS) is 12.7. The van der Waals surface area contributed by atoms with Gasteiger partial charge in [-0.1, -0.05) is 140 Å². The number of imide groups is 2. The SMILES string of the molecule is CCCCCCCCC#CC#CCCCCCCCN1C(=O)c2ccc3c4c(ccc(c24)C1=O)C(=O)N(CCCCCCCC#CC#CCCCCCCCC)C3=O. The number of carbonyl (C=O) groups excluding carboxylic acids is 4. The number of amides is 4. The summed E-state index contributed by atoms with van der Waals surface area (Å²) in [7, 11) is 0. The quantitative estimate of drug-likeness (QED) is 0.0541. The van der Waals surface area contributed by atoms with Crippen molar-refractivity contribution >= 4 is 34.4 Å². The Balaban J connectivity index is 1.15. The molecule has 0 aliphatic carbocycles. The lowest BCUT2D eigenvalue weighted by atomic mass is 9.86. The molecule has 0 N–H and O–H groups in total. The molecule has 0 saturated carbocycles. The zero-order chi connectivity index (χ0) is 41.2. The summed E-state index contributed by atoms with van der Waals surface area (Å²) in [5, 5.41) is 0.866. The molecular weight excluding hydrogens is 717 g/mol. The molecule has 2 aromatic rings. The third kappa shape index (κ3) is 14.2. The zero-order valence-corrected chi connectivity index (χ0v) is 35.6. The van der Waals surface area contributed by atoms with E-state index in [-0.39, 0.29) is 23.6 Å². The lowest BCUT2D eigenvalue weighted by Gasteiger charge is -2.32. The van der Waals surface area contributed by atoms with Crippen molar-refractivity contribution in [1.29, 1.82) is 0 Å². The van der Waals surface area contributed by atoms with Crippen LogP contribution in [0.15, 0.2) is 24.3 Å². The van der Waals surface area contributed by atoms with Crippen LogP contribution < -0.4 is 0 Å². The van der Waals surface area contributed by atoms with E-state index in [4.69, 9.17) is 0 Å². The molecule has 0 bridgehead atoms. The van der Waals surface area contributed by atoms with E-state index in [0.29, 0.717) is 46.1 Å². The summed E-state index contributed by atoms with van der Waals surface area (Å²) in [6, 6.07) is 6.62. The van der Waals surface area contributed by atoms with Crippen LogP contribution in [0, 0.1) is 47.4 Å². The second-order valence-electron chi connectivity index (χ2n) is 15.9. The predicted octanol–water partition coefficient (Wildman–Crippen LogP) is 12.2. The molecule has 0 aromatic heterocycles. The van der Waals surface area contributed by atoms with Crippen molar-refractivity contribution in [1.82, 2.24) is 9.80 Å². The summed E-state index contributed by atoms with van der Waals surface area (Å²) in [6.07, 6.45) is 28.2. The number of hydrogen-bond acceptors (Lipinski definition) is 4. The lowest BCUT2D eigenvalue weighted by molar-refractivity contribution is 0.0586. The topological polar surface area (TPSA) is 74.8 Å². The first kappa shape index (κ1) is 45.9. The van der Waals surface area contributed by atoms with Gasteiger partial charge in [-0.3, -0.25) is 29.0 Å². The van der Waals surface area contributed by atoms with Crippen molar-refractivity contribution in [3.05, 3.63) is 46.5 Å². The molecule has 0 unspecified atom stereocenters. The van der Waals surface area contributed by atoms with Gasteiger partial charge >= 0.3 is 0 Å². The molecule has 308 valence electrons. The number of hydrogen-bond donors (Lipinski definition) is 0. The summed E-state index contributed by atoms with van der Waals surface area (Å²) >= 11 is 0. The molecule has 2 heterocycles. The molecule has 4 rings (SSSR count). The molecule has 58 heavy (non-hydrogen) atoms. The molecule has 6 heteroatoms. The Bertz CT molecular complexity index is 1740. The van der Waals surface area contributed by atoms with Crippen LogP contribution >= 0.6 is 0 Å². The van der Waals surface area contributed by atoms with Gasteiger partial charge < -0.3 is 0 Å². The van der Waals surface area contributed by atoms with Crippen LogP contribution in [-0.2, 0) is 0 Å². The summed E-state index contributed by atoms with van der Waals surface area (Å²) in [6.45, 7) is 5.14. The van der Waals surface area contributed by atoms with Gasteiger partial charge in [0.25, 0.3) is 23.6 Å². The second kappa shape index (κ2) is 27.0. The molecule has 0 fully saturated rings. The van der Waals surface area contributed by atoms with Gasteiger partial charge in [0.15, 0.2) is 0 Å². The predicted molar refractivity (Wildman–Crippen MR) is 237 cm³/mol. The van der Waals surface area contributed by atoms with E-state index in [1.165, 1.54) is 74.0 Å². The maximum atomic E-state index is 13.6. The smallest absolute Gasteiger partial charge is 0.261 e. The third-order valence-corrected chi connectivity index (χ3v) is 11.2. The van der Waals surface area contributed by atoms with Crippen LogP contribution in [0.25, 0.3) is 10.8 Å². The molecule has 6 nitrogen and oxygen atoms in total. The number of nitrogens with zero attached hydrogens (tertiary/aromatic N) is 2. The Labute approximate surface area is 350 Å². The zero-order valence-electron chi connectivity index (χ0n) is 35.6. The van der Waals surface area contributed by atoms with Crippen molar-refractivity contribution in [3.63, 3.8) is 0 Å². The van der Waals surface area contributed by atoms with E-state index in [2.05, 4.69) is 61.2 Å². The van der Waals surface area contributed by atoms with E-state index in [0.717, 1.165) is 103 Å². The van der Waals surface area contributed by atoms with Crippen LogP contribution in [0.1, 0.15) is 222 Å². The maximum Gasteiger partial charge on any atom is 0.261 e. The van der Waals surface area contributed by atoms with Gasteiger partial charge in [-0.25, -0.2) is 0 Å². The molecule has 0 saturated heterocycles. The molecule has 2 aliphatic heterocycles. The van der Waals surface area contributed by atoms with E-state index >= 15 is 0 Å². The second-order valence-corrected chi connectivity index (χ2v) is 15.9. The molecule has 2 aromatic carbocycles. The van der Waals surface area contributed by atoms with Crippen molar-refractivity contribution in [2.45, 2.75) is 181 Å². The van der Waals surface area contributed by atoms with Gasteiger partial charge in [-0.05, 0) is 86.5 Å². The van der Waals surface area contributed by atoms with Gasteiger partial charge in [0.2, 0.25) is 0 Å². The number of unbranched alkanes of at least 4 members (excludes halogenated alkanes) is 22. The fraction of sp³-hybridized carbons (Fsp3) is 0.577. The molecule has 2 aliphatic rings. The summed E-state index contributed by atoms with van der Waals surface area (Å²) in [4.78, 5) is 57.2. The van der Waals surface area contributed by atoms with Crippen LogP contribution in [0.3, 0.4) is 0 Å². The average Bonchev–Trinajstić information content (AvgIpc) is 3.23. The number of rotatable bonds is 26. The minimum absolute atomic E-state index is 0.336. The highest BCUT2D eigenvalue weighted by atomic mass is 16.2. The van der Waals surface area contributed by atoms with Gasteiger partial charge in [0.1, 0.15) is 0 Å². The molecule has 0 atom stereocenters. The first-order valence-electron chi connectivity index (χ1n) is 22.7. The van der Waals surface area contributed by atoms with E-state index in [1.54, 1.807) is 24.3 Å². The molecular formula is C52H66N2O4. The summed E-state index contributed by atoms with van der Waals surface area (Å²) < 4.78 is 0. The Hall–Kier alpha value is -4.78. The average molecular weight is 783 g/mol. The van der Waals surface area contributed by atoms with Gasteiger partial charge in [-0.2, -0.15) is 0 Å². The third-order valence-electron chi connectivity index (χ3n) is 11.2. The van der Waals surface area contributed by atoms with Crippen LogP contribution in [0.5, 0.6) is 0 Å². The largest absolute Gasteiger partial charge is 0.274 e. The first-order valence-corrected chi connectivity index (χ1v) is 22.7. The first-order chi connectivity index (χ1) is 28.5. The Morgan fingerprint density at radius 3 is 0.862 bits per heavy atom. The number of carbonyl (C=O) groups is 4. The maximum absolute atomic E-state index is 13.6. The molecule has 0 radical (unpaired) electrons. The summed E-state index contributed by atoms with van der Waals surface area (Å²) in [5.74, 6) is 23.1. The van der Waals surface area contributed by atoms with Crippen molar-refractivity contribution in [3.8, 4) is 47.4 Å².